The van der Waals surface area contributed by atoms with Crippen molar-refractivity contribution in [3.8, 4) is 0 Å². The van der Waals surface area contributed by atoms with Gasteiger partial charge in [0, 0.05) is 0 Å². The lowest BCUT2D eigenvalue weighted by Gasteiger charge is -2.00. The molecule has 0 aliphatic rings. The van der Waals surface area contributed by atoms with Gasteiger partial charge >= 0.3 is 0 Å². The molecule has 1 nitrogen and oxygen atoms in total. The normalized spacial score (nSPS) is 11.8. The molecule has 0 radical (unpaired) electrons. The quantitative estimate of drug-likeness (QED) is 0.758. The average molecular weight is 179 g/mol. The van der Waals surface area contributed by atoms with Crippen LogP contribution < -0.4 is 5.73 Å². The maximum Gasteiger partial charge on any atom is 0.123 e. The fourth-order valence-electron chi connectivity index (χ4n) is 1.13. The zero-order chi connectivity index (χ0) is 9.68. The molecule has 2 N–H and O–H groups in total. The van der Waals surface area contributed by atoms with Gasteiger partial charge in [0.1, 0.15) is 5.82 Å². The molecule has 0 heterocycles. The van der Waals surface area contributed by atoms with Gasteiger partial charge in [-0.05, 0) is 43.2 Å². The minimum Gasteiger partial charge on any atom is -0.330 e. The number of hydrogen-bond acceptors (Lipinski definition) is 1. The summed E-state index contributed by atoms with van der Waals surface area (Å²) in [6.45, 7) is 2.65. The van der Waals surface area contributed by atoms with Gasteiger partial charge in [-0.3, -0.25) is 0 Å². The highest BCUT2D eigenvalue weighted by molar-refractivity contribution is 5.63. The molecule has 0 aliphatic heterocycles. The topological polar surface area (TPSA) is 26.0 Å². The van der Waals surface area contributed by atoms with Crippen LogP contribution in [0, 0.1) is 5.82 Å². The summed E-state index contributed by atoms with van der Waals surface area (Å²) in [5.74, 6) is -0.199. The number of allylic oxidation sites excluding steroid dienone is 1. The lowest BCUT2D eigenvalue weighted by atomic mass is 10.1. The SMILES string of the molecule is C/C(=C\CCN)c1ccc(F)cc1. The molecule has 1 rings (SSSR count). The van der Waals surface area contributed by atoms with Crippen LogP contribution in [0.3, 0.4) is 0 Å². The first-order chi connectivity index (χ1) is 6.24. The predicted molar refractivity (Wildman–Crippen MR) is 53.7 cm³/mol. The highest BCUT2D eigenvalue weighted by Crippen LogP contribution is 2.14. The third kappa shape index (κ3) is 2.99. The second kappa shape index (κ2) is 4.77. The molecule has 0 atom stereocenters. The minimum absolute atomic E-state index is 0.199. The maximum absolute atomic E-state index is 12.6. The van der Waals surface area contributed by atoms with E-state index in [0.717, 1.165) is 17.6 Å². The lowest BCUT2D eigenvalue weighted by Crippen LogP contribution is -1.95. The summed E-state index contributed by atoms with van der Waals surface area (Å²) < 4.78 is 12.6. The summed E-state index contributed by atoms with van der Waals surface area (Å²) >= 11 is 0. The van der Waals surface area contributed by atoms with Gasteiger partial charge in [-0.25, -0.2) is 4.39 Å². The van der Waals surface area contributed by atoms with Crippen molar-refractivity contribution >= 4 is 5.57 Å². The molecule has 0 amide bonds. The first-order valence-corrected chi connectivity index (χ1v) is 4.37. The lowest BCUT2D eigenvalue weighted by molar-refractivity contribution is 0.627. The van der Waals surface area contributed by atoms with Gasteiger partial charge in [-0.1, -0.05) is 18.2 Å². The highest BCUT2D eigenvalue weighted by Gasteiger charge is 1.94. The molecule has 2 heteroatoms. The summed E-state index contributed by atoms with van der Waals surface area (Å²) in [5.41, 5.74) is 7.57. The Morgan fingerprint density at radius 3 is 2.54 bits per heavy atom. The van der Waals surface area contributed by atoms with Crippen LogP contribution >= 0.6 is 0 Å². The molecule has 0 aliphatic carbocycles. The third-order valence-corrected chi connectivity index (χ3v) is 1.92. The number of benzene rings is 1. The van der Waals surface area contributed by atoms with Gasteiger partial charge in [0.2, 0.25) is 0 Å². The van der Waals surface area contributed by atoms with Crippen LogP contribution in [-0.4, -0.2) is 6.54 Å². The molecule has 13 heavy (non-hydrogen) atoms. The number of hydrogen-bond donors (Lipinski definition) is 1. The molecule has 1 aromatic rings. The Bertz CT molecular complexity index is 287. The van der Waals surface area contributed by atoms with E-state index in [2.05, 4.69) is 6.08 Å². The number of rotatable bonds is 3. The van der Waals surface area contributed by atoms with Crippen molar-refractivity contribution in [3.05, 3.63) is 41.7 Å². The van der Waals surface area contributed by atoms with E-state index in [1.165, 1.54) is 12.1 Å². The Morgan fingerprint density at radius 2 is 2.00 bits per heavy atom. The van der Waals surface area contributed by atoms with Crippen LogP contribution in [0.5, 0.6) is 0 Å². The van der Waals surface area contributed by atoms with Gasteiger partial charge in [0.15, 0.2) is 0 Å². The summed E-state index contributed by atoms with van der Waals surface area (Å²) in [5, 5.41) is 0. The van der Waals surface area contributed by atoms with Crippen LogP contribution in [0.15, 0.2) is 30.3 Å². The van der Waals surface area contributed by atoms with Crippen LogP contribution in [0.4, 0.5) is 4.39 Å². The Kier molecular flexibility index (Phi) is 3.65. The fourth-order valence-corrected chi connectivity index (χ4v) is 1.13. The zero-order valence-corrected chi connectivity index (χ0v) is 7.76. The van der Waals surface area contributed by atoms with E-state index in [-0.39, 0.29) is 5.82 Å². The molecular weight excluding hydrogens is 165 g/mol. The van der Waals surface area contributed by atoms with Crippen LogP contribution in [0.2, 0.25) is 0 Å². The highest BCUT2D eigenvalue weighted by atomic mass is 19.1. The van der Waals surface area contributed by atoms with Crippen molar-refractivity contribution in [1.82, 2.24) is 0 Å². The second-order valence-electron chi connectivity index (χ2n) is 2.97. The van der Waals surface area contributed by atoms with Crippen LogP contribution in [0.1, 0.15) is 18.9 Å². The fraction of sp³-hybridized carbons (Fsp3) is 0.273. The van der Waals surface area contributed by atoms with Gasteiger partial charge in [-0.2, -0.15) is 0 Å². The van der Waals surface area contributed by atoms with Crippen molar-refractivity contribution in [2.75, 3.05) is 6.54 Å². The smallest absolute Gasteiger partial charge is 0.123 e. The van der Waals surface area contributed by atoms with E-state index in [1.807, 2.05) is 6.92 Å². The monoisotopic (exact) mass is 179 g/mol. The summed E-state index contributed by atoms with van der Waals surface area (Å²) in [4.78, 5) is 0. The number of halogens is 1. The van der Waals surface area contributed by atoms with Gasteiger partial charge < -0.3 is 5.73 Å². The van der Waals surface area contributed by atoms with E-state index < -0.39 is 0 Å². The van der Waals surface area contributed by atoms with E-state index in [0.29, 0.717) is 6.54 Å². The van der Waals surface area contributed by atoms with Crippen molar-refractivity contribution in [3.63, 3.8) is 0 Å². The molecule has 1 aromatic carbocycles. The Labute approximate surface area is 78.1 Å². The molecule has 0 bridgehead atoms. The third-order valence-electron chi connectivity index (χ3n) is 1.92. The van der Waals surface area contributed by atoms with E-state index in [1.54, 1.807) is 12.1 Å². The van der Waals surface area contributed by atoms with Crippen molar-refractivity contribution in [2.45, 2.75) is 13.3 Å². The summed E-state index contributed by atoms with van der Waals surface area (Å²) in [6.07, 6.45) is 2.93. The van der Waals surface area contributed by atoms with Crippen molar-refractivity contribution in [1.29, 1.82) is 0 Å². The van der Waals surface area contributed by atoms with Gasteiger partial charge in [0.05, 0.1) is 0 Å². The van der Waals surface area contributed by atoms with E-state index >= 15 is 0 Å². The standard InChI is InChI=1S/C11H14FN/c1-9(3-2-8-13)10-4-6-11(12)7-5-10/h3-7H,2,8,13H2,1H3/b9-3+. The summed E-state index contributed by atoms with van der Waals surface area (Å²) in [7, 11) is 0. The second-order valence-corrected chi connectivity index (χ2v) is 2.97. The molecule has 0 saturated heterocycles. The summed E-state index contributed by atoms with van der Waals surface area (Å²) in [6, 6.07) is 6.49. The molecule has 0 unspecified atom stereocenters. The Hall–Kier alpha value is -1.15. The molecule has 70 valence electrons. The van der Waals surface area contributed by atoms with Gasteiger partial charge in [-0.15, -0.1) is 0 Å². The number of nitrogens with two attached hydrogens (primary N) is 1. The molecule has 0 saturated carbocycles. The average Bonchev–Trinajstić information content (AvgIpc) is 2.15. The first kappa shape index (κ1) is 9.93. The predicted octanol–water partition coefficient (Wildman–Crippen LogP) is 2.58. The molecule has 0 fully saturated rings. The van der Waals surface area contributed by atoms with Crippen molar-refractivity contribution in [2.24, 2.45) is 5.73 Å². The Balaban J connectivity index is 2.77. The molecular formula is C11H14FN. The zero-order valence-electron chi connectivity index (χ0n) is 7.76. The van der Waals surface area contributed by atoms with Crippen molar-refractivity contribution < 1.29 is 4.39 Å². The maximum atomic E-state index is 12.6. The largest absolute Gasteiger partial charge is 0.330 e. The Morgan fingerprint density at radius 1 is 1.38 bits per heavy atom. The van der Waals surface area contributed by atoms with E-state index in [9.17, 15) is 4.39 Å². The molecule has 0 aromatic heterocycles. The van der Waals surface area contributed by atoms with Gasteiger partial charge in [0.25, 0.3) is 0 Å². The van der Waals surface area contributed by atoms with Crippen LogP contribution in [0.25, 0.3) is 5.57 Å². The molecule has 0 spiro atoms. The first-order valence-electron chi connectivity index (χ1n) is 4.37. The van der Waals surface area contributed by atoms with Crippen LogP contribution in [-0.2, 0) is 0 Å². The minimum atomic E-state index is -0.199. The van der Waals surface area contributed by atoms with E-state index in [4.69, 9.17) is 5.73 Å².